The number of unbranched alkanes of at least 4 members (excludes halogenated alkanes) is 1. The first-order chi connectivity index (χ1) is 6.74. The molecular formula is C11H19NO2. The number of carbonyl (C=O) groups is 1. The molecule has 0 aromatic rings. The van der Waals surface area contributed by atoms with Crippen molar-refractivity contribution < 1.29 is 9.53 Å². The minimum Gasteiger partial charge on any atom is -0.465 e. The quantitative estimate of drug-likeness (QED) is 0.589. The molecule has 1 atom stereocenters. The molecule has 0 spiro atoms. The second kappa shape index (κ2) is 8.55. The summed E-state index contributed by atoms with van der Waals surface area (Å²) in [5, 5.41) is 8.25. The molecule has 0 aromatic heterocycles. The molecule has 0 fully saturated rings. The van der Waals surface area contributed by atoms with Gasteiger partial charge in [0.1, 0.15) is 6.42 Å². The minimum atomic E-state index is -0.401. The summed E-state index contributed by atoms with van der Waals surface area (Å²) in [5.74, 6) is 0.0556. The molecule has 0 saturated carbocycles. The Labute approximate surface area is 86.1 Å². The van der Waals surface area contributed by atoms with Crippen molar-refractivity contribution in [1.29, 1.82) is 5.26 Å². The average molecular weight is 197 g/mol. The van der Waals surface area contributed by atoms with E-state index in [9.17, 15) is 4.79 Å². The number of carbonyl (C=O) groups excluding carboxylic acids is 1. The molecule has 0 N–H and O–H groups in total. The zero-order valence-electron chi connectivity index (χ0n) is 9.08. The number of hydrogen-bond donors (Lipinski definition) is 0. The van der Waals surface area contributed by atoms with E-state index in [4.69, 9.17) is 10.00 Å². The molecule has 0 heterocycles. The molecule has 14 heavy (non-hydrogen) atoms. The number of nitriles is 1. The zero-order chi connectivity index (χ0) is 10.8. The summed E-state index contributed by atoms with van der Waals surface area (Å²) in [5.41, 5.74) is 0. The van der Waals surface area contributed by atoms with Crippen molar-refractivity contribution in [2.45, 2.75) is 46.0 Å². The van der Waals surface area contributed by atoms with Crippen LogP contribution >= 0.6 is 0 Å². The van der Waals surface area contributed by atoms with Crippen molar-refractivity contribution in [2.24, 2.45) is 5.92 Å². The summed E-state index contributed by atoms with van der Waals surface area (Å²) in [6, 6.07) is 1.78. The molecule has 0 bridgehead atoms. The van der Waals surface area contributed by atoms with Crippen molar-refractivity contribution >= 4 is 5.97 Å². The third-order valence-electron chi connectivity index (χ3n) is 2.25. The third-order valence-corrected chi connectivity index (χ3v) is 2.25. The lowest BCUT2D eigenvalue weighted by Gasteiger charge is -2.13. The highest BCUT2D eigenvalue weighted by atomic mass is 16.5. The monoisotopic (exact) mass is 197 g/mol. The Bertz CT molecular complexity index is 196. The van der Waals surface area contributed by atoms with Gasteiger partial charge in [-0.3, -0.25) is 4.79 Å². The van der Waals surface area contributed by atoms with Crippen molar-refractivity contribution in [3.8, 4) is 6.07 Å². The lowest BCUT2D eigenvalue weighted by molar-refractivity contribution is -0.143. The lowest BCUT2D eigenvalue weighted by Crippen LogP contribution is -2.13. The molecule has 0 unspecified atom stereocenters. The second-order valence-electron chi connectivity index (χ2n) is 3.43. The predicted molar refractivity (Wildman–Crippen MR) is 54.5 cm³/mol. The summed E-state index contributed by atoms with van der Waals surface area (Å²) in [6.45, 7) is 4.71. The number of ether oxygens (including phenoxy) is 1. The highest BCUT2D eigenvalue weighted by Crippen LogP contribution is 2.12. The van der Waals surface area contributed by atoms with Crippen LogP contribution in [0, 0.1) is 17.2 Å². The fraction of sp³-hybridized carbons (Fsp3) is 0.818. The predicted octanol–water partition coefficient (Wildman–Crippen LogP) is 2.66. The van der Waals surface area contributed by atoms with E-state index in [1.165, 1.54) is 12.8 Å². The van der Waals surface area contributed by atoms with Gasteiger partial charge in [-0.15, -0.1) is 0 Å². The maximum atomic E-state index is 10.9. The van der Waals surface area contributed by atoms with Gasteiger partial charge in [0.15, 0.2) is 0 Å². The van der Waals surface area contributed by atoms with E-state index in [-0.39, 0.29) is 6.42 Å². The van der Waals surface area contributed by atoms with E-state index in [0.29, 0.717) is 12.5 Å². The van der Waals surface area contributed by atoms with Crippen LogP contribution in [0.4, 0.5) is 0 Å². The Morgan fingerprint density at radius 2 is 2.21 bits per heavy atom. The van der Waals surface area contributed by atoms with E-state index in [2.05, 4.69) is 13.8 Å². The Hall–Kier alpha value is -1.04. The van der Waals surface area contributed by atoms with Crippen molar-refractivity contribution in [3.63, 3.8) is 0 Å². The summed E-state index contributed by atoms with van der Waals surface area (Å²) >= 11 is 0. The third kappa shape index (κ3) is 6.47. The smallest absolute Gasteiger partial charge is 0.320 e. The van der Waals surface area contributed by atoms with Crippen LogP contribution in [0.2, 0.25) is 0 Å². The van der Waals surface area contributed by atoms with Crippen LogP contribution in [0.3, 0.4) is 0 Å². The van der Waals surface area contributed by atoms with Crippen LogP contribution in [0.5, 0.6) is 0 Å². The fourth-order valence-electron chi connectivity index (χ4n) is 1.22. The summed E-state index contributed by atoms with van der Waals surface area (Å²) in [7, 11) is 0. The summed E-state index contributed by atoms with van der Waals surface area (Å²) < 4.78 is 4.97. The molecule has 80 valence electrons. The first kappa shape index (κ1) is 13.0. The highest BCUT2D eigenvalue weighted by molar-refractivity contribution is 5.71. The number of esters is 1. The summed E-state index contributed by atoms with van der Waals surface area (Å²) in [6.07, 6.45) is 4.34. The Balaban J connectivity index is 3.61. The highest BCUT2D eigenvalue weighted by Gasteiger charge is 2.09. The largest absolute Gasteiger partial charge is 0.465 e. The Kier molecular flexibility index (Phi) is 7.92. The van der Waals surface area contributed by atoms with Gasteiger partial charge in [0, 0.05) is 0 Å². The van der Waals surface area contributed by atoms with E-state index >= 15 is 0 Å². The van der Waals surface area contributed by atoms with Gasteiger partial charge in [0.2, 0.25) is 0 Å². The molecule has 0 rings (SSSR count). The van der Waals surface area contributed by atoms with Gasteiger partial charge in [-0.1, -0.05) is 33.1 Å². The van der Waals surface area contributed by atoms with Gasteiger partial charge in [-0.25, -0.2) is 0 Å². The van der Waals surface area contributed by atoms with Gasteiger partial charge < -0.3 is 4.74 Å². The molecule has 0 amide bonds. The van der Waals surface area contributed by atoms with Crippen molar-refractivity contribution in [1.82, 2.24) is 0 Å². The van der Waals surface area contributed by atoms with Crippen LogP contribution in [0.25, 0.3) is 0 Å². The Morgan fingerprint density at radius 3 is 2.71 bits per heavy atom. The molecule has 0 radical (unpaired) electrons. The maximum Gasteiger partial charge on any atom is 0.320 e. The van der Waals surface area contributed by atoms with Crippen LogP contribution in [0.1, 0.15) is 46.0 Å². The fourth-order valence-corrected chi connectivity index (χ4v) is 1.22. The minimum absolute atomic E-state index is 0.135. The molecule has 0 aliphatic rings. The van der Waals surface area contributed by atoms with E-state index in [0.717, 1.165) is 12.8 Å². The molecule has 0 aliphatic heterocycles. The van der Waals surface area contributed by atoms with Gasteiger partial charge in [0.05, 0.1) is 12.7 Å². The molecule has 0 saturated heterocycles. The van der Waals surface area contributed by atoms with Crippen LogP contribution in [-0.4, -0.2) is 12.6 Å². The number of rotatable bonds is 7. The zero-order valence-corrected chi connectivity index (χ0v) is 9.08. The molecule has 0 aromatic carbocycles. The van der Waals surface area contributed by atoms with Gasteiger partial charge in [-0.2, -0.15) is 5.26 Å². The summed E-state index contributed by atoms with van der Waals surface area (Å²) in [4.78, 5) is 10.9. The molecule has 0 aliphatic carbocycles. The molecule has 3 heteroatoms. The second-order valence-corrected chi connectivity index (χ2v) is 3.43. The van der Waals surface area contributed by atoms with Gasteiger partial charge in [0.25, 0.3) is 0 Å². The number of nitrogens with zero attached hydrogens (tertiary/aromatic N) is 1. The van der Waals surface area contributed by atoms with E-state index < -0.39 is 5.97 Å². The van der Waals surface area contributed by atoms with Crippen LogP contribution in [-0.2, 0) is 9.53 Å². The van der Waals surface area contributed by atoms with Gasteiger partial charge in [-0.05, 0) is 12.3 Å². The van der Waals surface area contributed by atoms with Crippen LogP contribution in [0.15, 0.2) is 0 Å². The maximum absolute atomic E-state index is 10.9. The normalized spacial score (nSPS) is 11.8. The number of hydrogen-bond acceptors (Lipinski definition) is 3. The van der Waals surface area contributed by atoms with E-state index in [1.807, 2.05) is 0 Å². The van der Waals surface area contributed by atoms with Crippen molar-refractivity contribution in [3.05, 3.63) is 0 Å². The topological polar surface area (TPSA) is 50.1 Å². The first-order valence-corrected chi connectivity index (χ1v) is 5.27. The van der Waals surface area contributed by atoms with E-state index in [1.54, 1.807) is 6.07 Å². The van der Waals surface area contributed by atoms with Gasteiger partial charge >= 0.3 is 5.97 Å². The Morgan fingerprint density at radius 1 is 1.50 bits per heavy atom. The standard InChI is InChI=1S/C11H19NO2/c1-3-5-6-10(4-2)9-14-11(13)7-8-12/h10H,3-7,9H2,1-2H3/t10-/m0/s1. The average Bonchev–Trinajstić information content (AvgIpc) is 2.19. The van der Waals surface area contributed by atoms with Crippen molar-refractivity contribution in [2.75, 3.05) is 6.61 Å². The molecule has 3 nitrogen and oxygen atoms in total. The lowest BCUT2D eigenvalue weighted by atomic mass is 10.0. The molecular weight excluding hydrogens is 178 g/mol. The first-order valence-electron chi connectivity index (χ1n) is 5.27. The van der Waals surface area contributed by atoms with Crippen LogP contribution < -0.4 is 0 Å². The SMILES string of the molecule is CCCC[C@H](CC)COC(=O)CC#N.